The van der Waals surface area contributed by atoms with Gasteiger partial charge in [-0.15, -0.1) is 0 Å². The number of oxime groups is 1. The number of aryl methyl sites for hydroxylation is 2. The van der Waals surface area contributed by atoms with Crippen LogP contribution < -0.4 is 4.74 Å². The van der Waals surface area contributed by atoms with Gasteiger partial charge in [-0.25, -0.2) is 13.8 Å². The van der Waals surface area contributed by atoms with Crippen molar-refractivity contribution in [1.82, 2.24) is 14.5 Å². The lowest BCUT2D eigenvalue weighted by Crippen LogP contribution is -2.43. The van der Waals surface area contributed by atoms with Gasteiger partial charge < -0.3 is 19.0 Å². The molecule has 34 heavy (non-hydrogen) atoms. The third-order valence-electron chi connectivity index (χ3n) is 6.25. The summed E-state index contributed by atoms with van der Waals surface area (Å²) in [4.78, 5) is 12.2. The second-order valence-corrected chi connectivity index (χ2v) is 8.72. The molecule has 0 bridgehead atoms. The zero-order chi connectivity index (χ0) is 23.8. The first-order valence-corrected chi connectivity index (χ1v) is 11.3. The Hall–Kier alpha value is -3.68. The molecule has 2 aliphatic heterocycles. The van der Waals surface area contributed by atoms with Crippen molar-refractivity contribution in [3.05, 3.63) is 82.4 Å². The van der Waals surface area contributed by atoms with Crippen molar-refractivity contribution in [2.45, 2.75) is 32.8 Å². The van der Waals surface area contributed by atoms with Crippen LogP contribution in [0.1, 0.15) is 41.3 Å². The van der Waals surface area contributed by atoms with E-state index in [2.05, 4.69) is 21.1 Å². The average molecular weight is 465 g/mol. The number of piperidine rings is 1. The Morgan fingerprint density at radius 1 is 1.18 bits per heavy atom. The van der Waals surface area contributed by atoms with Crippen molar-refractivity contribution in [2.24, 2.45) is 5.16 Å². The fourth-order valence-electron chi connectivity index (χ4n) is 4.52. The number of benzene rings is 2. The highest BCUT2D eigenvalue weighted by atomic mass is 19.2. The molecule has 1 aromatic heterocycles. The molecule has 176 valence electrons. The Labute approximate surface area is 197 Å². The van der Waals surface area contributed by atoms with E-state index in [0.717, 1.165) is 53.5 Å². The second-order valence-electron chi connectivity index (χ2n) is 8.72. The lowest BCUT2D eigenvalue weighted by molar-refractivity contribution is 0.0181. The Bertz CT molecular complexity index is 1270. The molecule has 0 spiro atoms. The summed E-state index contributed by atoms with van der Waals surface area (Å²) in [5.41, 5.74) is 4.76. The van der Waals surface area contributed by atoms with Crippen molar-refractivity contribution in [3.63, 3.8) is 0 Å². The number of hydrogen-bond acceptors (Lipinski definition) is 5. The average Bonchev–Trinajstić information content (AvgIpc) is 3.28. The van der Waals surface area contributed by atoms with Gasteiger partial charge in [-0.1, -0.05) is 11.2 Å². The predicted octanol–water partition coefficient (Wildman–Crippen LogP) is 5.34. The maximum Gasteiger partial charge on any atom is 0.171 e. The van der Waals surface area contributed by atoms with Crippen molar-refractivity contribution in [3.8, 4) is 11.4 Å². The van der Waals surface area contributed by atoms with Crippen molar-refractivity contribution < 1.29 is 18.4 Å². The molecule has 3 aromatic rings. The van der Waals surface area contributed by atoms with Gasteiger partial charge in [0.15, 0.2) is 23.6 Å². The van der Waals surface area contributed by atoms with Crippen LogP contribution in [-0.2, 0) is 4.84 Å². The van der Waals surface area contributed by atoms with E-state index >= 15 is 0 Å². The van der Waals surface area contributed by atoms with E-state index in [1.807, 2.05) is 35.9 Å². The lowest BCUT2D eigenvalue weighted by Gasteiger charge is -2.37. The monoisotopic (exact) mass is 464 g/mol. The maximum absolute atomic E-state index is 13.9. The standard InChI is InChI=1S/C26H26F2N4O2/c1-16-9-20(12-21(27)25(16)28)24-14-31-8-4-5-19(26(31)30-34-24)10-18-6-7-22(23(11-18)33-3)32-13-17(2)29-15-32/h6-7,9-13,15,24H,4-5,8,14H2,1-3H3/b19-10+. The maximum atomic E-state index is 13.9. The minimum atomic E-state index is -0.865. The summed E-state index contributed by atoms with van der Waals surface area (Å²) in [5, 5.41) is 4.39. The highest BCUT2D eigenvalue weighted by molar-refractivity contribution is 6.02. The number of methoxy groups -OCH3 is 1. The molecule has 1 fully saturated rings. The molecule has 1 unspecified atom stereocenters. The van der Waals surface area contributed by atoms with Crippen LogP contribution in [0.4, 0.5) is 8.78 Å². The molecular weight excluding hydrogens is 438 g/mol. The summed E-state index contributed by atoms with van der Waals surface area (Å²) >= 11 is 0. The van der Waals surface area contributed by atoms with Crippen LogP contribution in [0, 0.1) is 25.5 Å². The molecule has 6 nitrogen and oxygen atoms in total. The molecule has 0 amide bonds. The molecule has 2 aliphatic rings. The van der Waals surface area contributed by atoms with Crippen molar-refractivity contribution in [2.75, 3.05) is 20.2 Å². The van der Waals surface area contributed by atoms with E-state index in [4.69, 9.17) is 9.57 Å². The van der Waals surface area contributed by atoms with E-state index in [1.165, 1.54) is 6.07 Å². The lowest BCUT2D eigenvalue weighted by atomic mass is 9.98. The van der Waals surface area contributed by atoms with Crippen LogP contribution in [0.3, 0.4) is 0 Å². The topological polar surface area (TPSA) is 51.9 Å². The first-order valence-electron chi connectivity index (χ1n) is 11.3. The number of amidine groups is 1. The number of ether oxygens (including phenoxy) is 1. The van der Waals surface area contributed by atoms with Gasteiger partial charge in [-0.3, -0.25) is 0 Å². The number of hydrogen-bond donors (Lipinski definition) is 0. The number of imidazole rings is 1. The van der Waals surface area contributed by atoms with Crippen LogP contribution >= 0.6 is 0 Å². The summed E-state index contributed by atoms with van der Waals surface area (Å²) in [5.74, 6) is -0.155. The van der Waals surface area contributed by atoms with Crippen LogP contribution in [0.25, 0.3) is 11.8 Å². The number of halogens is 2. The van der Waals surface area contributed by atoms with Gasteiger partial charge >= 0.3 is 0 Å². The summed E-state index contributed by atoms with van der Waals surface area (Å²) in [7, 11) is 1.65. The smallest absolute Gasteiger partial charge is 0.171 e. The molecule has 1 saturated heterocycles. The number of rotatable bonds is 4. The zero-order valence-electron chi connectivity index (χ0n) is 19.4. The number of nitrogens with zero attached hydrogens (tertiary/aromatic N) is 4. The highest BCUT2D eigenvalue weighted by Gasteiger charge is 2.31. The van der Waals surface area contributed by atoms with Gasteiger partial charge in [0.2, 0.25) is 0 Å². The zero-order valence-corrected chi connectivity index (χ0v) is 19.4. The molecule has 0 saturated carbocycles. The molecule has 0 N–H and O–H groups in total. The molecule has 0 aliphatic carbocycles. The van der Waals surface area contributed by atoms with E-state index < -0.39 is 17.7 Å². The first kappa shape index (κ1) is 22.1. The fraction of sp³-hybridized carbons (Fsp3) is 0.308. The Morgan fingerprint density at radius 2 is 2.03 bits per heavy atom. The van der Waals surface area contributed by atoms with Gasteiger partial charge in [0, 0.05) is 18.3 Å². The summed E-state index contributed by atoms with van der Waals surface area (Å²) < 4.78 is 35.2. The van der Waals surface area contributed by atoms with Gasteiger partial charge in [-0.2, -0.15) is 0 Å². The van der Waals surface area contributed by atoms with E-state index in [9.17, 15) is 8.78 Å². The third kappa shape index (κ3) is 4.16. The normalized spacial score (nSPS) is 19.0. The van der Waals surface area contributed by atoms with Gasteiger partial charge in [-0.05, 0) is 73.7 Å². The molecular formula is C26H26F2N4O2. The van der Waals surface area contributed by atoms with Crippen LogP contribution in [0.2, 0.25) is 0 Å². The van der Waals surface area contributed by atoms with Crippen LogP contribution in [0.15, 0.2) is 53.6 Å². The van der Waals surface area contributed by atoms with E-state index in [0.29, 0.717) is 12.1 Å². The van der Waals surface area contributed by atoms with E-state index in [1.54, 1.807) is 26.4 Å². The highest BCUT2D eigenvalue weighted by Crippen LogP contribution is 2.32. The third-order valence-corrected chi connectivity index (χ3v) is 6.25. The number of aromatic nitrogens is 2. The van der Waals surface area contributed by atoms with Gasteiger partial charge in [0.1, 0.15) is 5.75 Å². The summed E-state index contributed by atoms with van der Waals surface area (Å²) in [6, 6.07) is 8.86. The largest absolute Gasteiger partial charge is 0.495 e. The second kappa shape index (κ2) is 8.93. The molecule has 0 radical (unpaired) electrons. The Kier molecular flexibility index (Phi) is 5.81. The van der Waals surface area contributed by atoms with E-state index in [-0.39, 0.29) is 5.56 Å². The Morgan fingerprint density at radius 3 is 2.76 bits per heavy atom. The molecule has 8 heteroatoms. The summed E-state index contributed by atoms with van der Waals surface area (Å²) in [6.07, 6.45) is 7.21. The van der Waals surface area contributed by atoms with Crippen molar-refractivity contribution >= 4 is 11.9 Å². The minimum Gasteiger partial charge on any atom is -0.495 e. The SMILES string of the molecule is COc1cc(/C=C2\CCCN3CC(c4cc(C)c(F)c(F)c4)ON=C23)ccc1-n1cnc(C)c1. The first-order chi connectivity index (χ1) is 16.4. The summed E-state index contributed by atoms with van der Waals surface area (Å²) in [6.45, 7) is 4.86. The minimum absolute atomic E-state index is 0.260. The van der Waals surface area contributed by atoms with Crippen LogP contribution in [0.5, 0.6) is 5.75 Å². The van der Waals surface area contributed by atoms with Gasteiger partial charge in [0.25, 0.3) is 0 Å². The van der Waals surface area contributed by atoms with Crippen LogP contribution in [-0.4, -0.2) is 40.5 Å². The molecule has 1 atom stereocenters. The van der Waals surface area contributed by atoms with Gasteiger partial charge in [0.05, 0.1) is 31.4 Å². The van der Waals surface area contributed by atoms with Crippen molar-refractivity contribution in [1.29, 1.82) is 0 Å². The fourth-order valence-corrected chi connectivity index (χ4v) is 4.52. The number of fused-ring (bicyclic) bond motifs is 1. The molecule has 2 aromatic carbocycles. The quantitative estimate of drug-likeness (QED) is 0.523. The Balaban J connectivity index is 1.41. The predicted molar refractivity (Wildman–Crippen MR) is 126 cm³/mol. The molecule has 3 heterocycles. The molecule has 5 rings (SSSR count).